The number of esters is 1. The Morgan fingerprint density at radius 1 is 1.17 bits per heavy atom. The summed E-state index contributed by atoms with van der Waals surface area (Å²) in [7, 11) is 1.27. The van der Waals surface area contributed by atoms with Crippen LogP contribution in [0.4, 0.5) is 0 Å². The van der Waals surface area contributed by atoms with Crippen LogP contribution >= 0.6 is 0 Å². The van der Waals surface area contributed by atoms with Crippen molar-refractivity contribution in [1.29, 1.82) is 0 Å². The zero-order valence-electron chi connectivity index (χ0n) is 9.79. The molecule has 0 N–H and O–H groups in total. The van der Waals surface area contributed by atoms with Crippen LogP contribution in [0.5, 0.6) is 0 Å². The third-order valence-electron chi connectivity index (χ3n) is 2.51. The number of benzene rings is 1. The number of aldehydes is 1. The first-order valence-electron chi connectivity index (χ1n) is 5.36. The van der Waals surface area contributed by atoms with E-state index in [1.54, 1.807) is 12.1 Å². The molecule has 0 saturated carbocycles. The fraction of sp³-hybridized carbons (Fsp3) is 0.0714. The third-order valence-corrected chi connectivity index (χ3v) is 2.51. The van der Waals surface area contributed by atoms with Crippen molar-refractivity contribution in [2.45, 2.75) is 0 Å². The lowest BCUT2D eigenvalue weighted by Crippen LogP contribution is -2.07. The van der Waals surface area contributed by atoms with Gasteiger partial charge in [-0.25, -0.2) is 9.78 Å². The summed E-state index contributed by atoms with van der Waals surface area (Å²) in [5.74, 6) is -0.566. The Balaban J connectivity index is 2.49. The first-order chi connectivity index (χ1) is 8.76. The van der Waals surface area contributed by atoms with Gasteiger partial charge in [0.05, 0.1) is 18.4 Å². The van der Waals surface area contributed by atoms with Crippen molar-refractivity contribution < 1.29 is 14.3 Å². The SMILES string of the molecule is COC(=O)c1ccc(-c2ccccc2)nc1C=O. The average molecular weight is 241 g/mol. The molecule has 0 radical (unpaired) electrons. The molecule has 90 valence electrons. The van der Waals surface area contributed by atoms with E-state index in [4.69, 9.17) is 0 Å². The van der Waals surface area contributed by atoms with E-state index in [0.717, 1.165) is 5.56 Å². The van der Waals surface area contributed by atoms with Crippen LogP contribution in [-0.4, -0.2) is 24.3 Å². The third kappa shape index (κ3) is 2.27. The molecular formula is C14H11NO3. The Morgan fingerprint density at radius 3 is 2.50 bits per heavy atom. The van der Waals surface area contributed by atoms with Crippen LogP contribution in [0.3, 0.4) is 0 Å². The van der Waals surface area contributed by atoms with Crippen molar-refractivity contribution >= 4 is 12.3 Å². The molecule has 0 spiro atoms. The number of aromatic nitrogens is 1. The van der Waals surface area contributed by atoms with Gasteiger partial charge in [-0.2, -0.15) is 0 Å². The summed E-state index contributed by atoms with van der Waals surface area (Å²) < 4.78 is 4.59. The molecule has 0 aliphatic carbocycles. The largest absolute Gasteiger partial charge is 0.465 e. The molecule has 2 aromatic rings. The number of methoxy groups -OCH3 is 1. The molecule has 4 nitrogen and oxygen atoms in total. The molecule has 0 aliphatic heterocycles. The van der Waals surface area contributed by atoms with Crippen molar-refractivity contribution in [2.75, 3.05) is 7.11 Å². The zero-order valence-corrected chi connectivity index (χ0v) is 9.79. The minimum absolute atomic E-state index is 0.0863. The molecule has 1 aromatic carbocycles. The van der Waals surface area contributed by atoms with Crippen molar-refractivity contribution in [3.8, 4) is 11.3 Å². The average Bonchev–Trinajstić information content (AvgIpc) is 2.46. The summed E-state index contributed by atoms with van der Waals surface area (Å²) >= 11 is 0. The monoisotopic (exact) mass is 241 g/mol. The lowest BCUT2D eigenvalue weighted by molar-refractivity contribution is 0.0597. The summed E-state index contributed by atoms with van der Waals surface area (Å²) in [6.45, 7) is 0. The number of carbonyl (C=O) groups excluding carboxylic acids is 2. The van der Waals surface area contributed by atoms with Gasteiger partial charge in [0, 0.05) is 5.56 Å². The van der Waals surface area contributed by atoms with E-state index in [2.05, 4.69) is 9.72 Å². The Hall–Kier alpha value is -2.49. The first-order valence-corrected chi connectivity index (χ1v) is 5.36. The van der Waals surface area contributed by atoms with E-state index in [1.165, 1.54) is 7.11 Å². The van der Waals surface area contributed by atoms with Gasteiger partial charge in [0.2, 0.25) is 0 Å². The van der Waals surface area contributed by atoms with Gasteiger partial charge in [-0.1, -0.05) is 30.3 Å². The smallest absolute Gasteiger partial charge is 0.340 e. The zero-order chi connectivity index (χ0) is 13.0. The van der Waals surface area contributed by atoms with Gasteiger partial charge in [-0.05, 0) is 12.1 Å². The highest BCUT2D eigenvalue weighted by Crippen LogP contribution is 2.18. The van der Waals surface area contributed by atoms with Crippen molar-refractivity contribution in [3.05, 3.63) is 53.7 Å². The Bertz CT molecular complexity index is 579. The summed E-state index contributed by atoms with van der Waals surface area (Å²) in [4.78, 5) is 26.5. The first kappa shape index (κ1) is 12.0. The molecule has 18 heavy (non-hydrogen) atoms. The molecule has 4 heteroatoms. The molecule has 2 rings (SSSR count). The fourth-order valence-corrected chi connectivity index (χ4v) is 1.62. The number of pyridine rings is 1. The summed E-state index contributed by atoms with van der Waals surface area (Å²) in [5.41, 5.74) is 1.79. The number of hydrogen-bond donors (Lipinski definition) is 0. The van der Waals surface area contributed by atoms with Gasteiger partial charge in [0.1, 0.15) is 5.69 Å². The Labute approximate surface area is 104 Å². The fourth-order valence-electron chi connectivity index (χ4n) is 1.62. The number of ether oxygens (including phenoxy) is 1. The predicted molar refractivity (Wildman–Crippen MR) is 66.4 cm³/mol. The van der Waals surface area contributed by atoms with Crippen LogP contribution in [0.1, 0.15) is 20.8 Å². The Kier molecular flexibility index (Phi) is 3.48. The second kappa shape index (κ2) is 5.23. The van der Waals surface area contributed by atoms with E-state index in [1.807, 2.05) is 30.3 Å². The highest BCUT2D eigenvalue weighted by Gasteiger charge is 2.13. The predicted octanol–water partition coefficient (Wildman–Crippen LogP) is 2.35. The summed E-state index contributed by atoms with van der Waals surface area (Å²) in [6.07, 6.45) is 0.554. The maximum absolute atomic E-state index is 11.4. The molecule has 0 amide bonds. The maximum Gasteiger partial charge on any atom is 0.340 e. The van der Waals surface area contributed by atoms with E-state index in [-0.39, 0.29) is 11.3 Å². The standard InChI is InChI=1S/C14H11NO3/c1-18-14(17)11-7-8-12(15-13(11)9-16)10-5-3-2-4-6-10/h2-9H,1H3. The van der Waals surface area contributed by atoms with Gasteiger partial charge in [-0.3, -0.25) is 4.79 Å². The van der Waals surface area contributed by atoms with Crippen LogP contribution in [0.25, 0.3) is 11.3 Å². The van der Waals surface area contributed by atoms with Crippen LogP contribution < -0.4 is 0 Å². The molecular weight excluding hydrogens is 230 g/mol. The highest BCUT2D eigenvalue weighted by atomic mass is 16.5. The second-order valence-corrected chi connectivity index (χ2v) is 3.60. The number of nitrogens with zero attached hydrogens (tertiary/aromatic N) is 1. The number of hydrogen-bond acceptors (Lipinski definition) is 4. The van der Waals surface area contributed by atoms with Gasteiger partial charge in [0.15, 0.2) is 6.29 Å². The molecule has 0 unspecified atom stereocenters. The van der Waals surface area contributed by atoms with Crippen molar-refractivity contribution in [2.24, 2.45) is 0 Å². The maximum atomic E-state index is 11.4. The van der Waals surface area contributed by atoms with Crippen molar-refractivity contribution in [1.82, 2.24) is 4.98 Å². The van der Waals surface area contributed by atoms with Gasteiger partial charge in [-0.15, -0.1) is 0 Å². The summed E-state index contributed by atoms with van der Waals surface area (Å²) in [5, 5.41) is 0. The van der Waals surface area contributed by atoms with Gasteiger partial charge in [0.25, 0.3) is 0 Å². The summed E-state index contributed by atoms with van der Waals surface area (Å²) in [6, 6.07) is 12.7. The molecule has 0 aliphatic rings. The highest BCUT2D eigenvalue weighted by molar-refractivity contribution is 5.97. The van der Waals surface area contributed by atoms with Crippen LogP contribution in [-0.2, 0) is 4.74 Å². The molecule has 0 fully saturated rings. The molecule has 1 aromatic heterocycles. The Morgan fingerprint density at radius 2 is 1.89 bits per heavy atom. The minimum atomic E-state index is -0.566. The van der Waals surface area contributed by atoms with E-state index in [9.17, 15) is 9.59 Å². The van der Waals surface area contributed by atoms with Crippen LogP contribution in [0.2, 0.25) is 0 Å². The topological polar surface area (TPSA) is 56.3 Å². The minimum Gasteiger partial charge on any atom is -0.465 e. The van der Waals surface area contributed by atoms with Crippen LogP contribution in [0.15, 0.2) is 42.5 Å². The quantitative estimate of drug-likeness (QED) is 0.611. The molecule has 0 saturated heterocycles. The molecule has 0 atom stereocenters. The van der Waals surface area contributed by atoms with Gasteiger partial charge >= 0.3 is 5.97 Å². The number of rotatable bonds is 3. The normalized spacial score (nSPS) is 9.83. The van der Waals surface area contributed by atoms with Gasteiger partial charge < -0.3 is 4.74 Å². The molecule has 1 heterocycles. The lowest BCUT2D eigenvalue weighted by Gasteiger charge is -2.05. The van der Waals surface area contributed by atoms with E-state index in [0.29, 0.717) is 12.0 Å². The van der Waals surface area contributed by atoms with Crippen molar-refractivity contribution in [3.63, 3.8) is 0 Å². The van der Waals surface area contributed by atoms with E-state index >= 15 is 0 Å². The lowest BCUT2D eigenvalue weighted by atomic mass is 10.1. The molecule has 0 bridgehead atoms. The number of carbonyl (C=O) groups is 2. The van der Waals surface area contributed by atoms with Crippen LogP contribution in [0, 0.1) is 0 Å². The second-order valence-electron chi connectivity index (χ2n) is 3.60. The van der Waals surface area contributed by atoms with E-state index < -0.39 is 5.97 Å².